The molecule has 3 aromatic carbocycles. The van der Waals surface area contributed by atoms with E-state index in [4.69, 9.17) is 16.0 Å². The number of carbonyl (C=O) groups excluding carboxylic acids is 1. The highest BCUT2D eigenvalue weighted by atomic mass is 35.5. The minimum Gasteiger partial charge on any atom is -0.436 e. The van der Waals surface area contributed by atoms with Gasteiger partial charge in [-0.2, -0.15) is 0 Å². The van der Waals surface area contributed by atoms with Crippen LogP contribution in [0.2, 0.25) is 5.02 Å². The number of halogens is 2. The van der Waals surface area contributed by atoms with Crippen molar-refractivity contribution in [1.29, 1.82) is 0 Å². The number of benzene rings is 3. The molecule has 0 aliphatic heterocycles. The number of hydrogen-bond acceptors (Lipinski definition) is 3. The van der Waals surface area contributed by atoms with Crippen LogP contribution in [0.25, 0.3) is 22.6 Å². The lowest BCUT2D eigenvalue weighted by atomic mass is 10.0. The van der Waals surface area contributed by atoms with Crippen molar-refractivity contribution in [3.05, 3.63) is 82.6 Å². The highest BCUT2D eigenvalue weighted by Crippen LogP contribution is 2.33. The second-order valence-electron chi connectivity index (χ2n) is 7.06. The molecule has 0 saturated carbocycles. The summed E-state index contributed by atoms with van der Waals surface area (Å²) >= 11 is 6.35. The van der Waals surface area contributed by atoms with Gasteiger partial charge in [-0.25, -0.2) is 9.37 Å². The summed E-state index contributed by atoms with van der Waals surface area (Å²) in [5, 5.41) is 3.20. The van der Waals surface area contributed by atoms with E-state index in [0.717, 1.165) is 5.52 Å². The molecule has 0 saturated heterocycles. The quantitative estimate of drug-likeness (QED) is 0.410. The van der Waals surface area contributed by atoms with Crippen molar-refractivity contribution >= 4 is 34.3 Å². The van der Waals surface area contributed by atoms with Gasteiger partial charge in [-0.15, -0.1) is 0 Å². The lowest BCUT2D eigenvalue weighted by Gasteiger charge is -2.08. The molecule has 146 valence electrons. The van der Waals surface area contributed by atoms with Crippen LogP contribution in [0.4, 0.5) is 10.1 Å². The standard InChI is InChI=1S/C23H18ClFN2O2/c1-13(2)14-6-9-21-20(11-14)27-23(29-21)18-12-17(7-8-19(18)24)26-22(28)15-4-3-5-16(25)10-15/h3-13H,1-2H3,(H,26,28). The van der Waals surface area contributed by atoms with Crippen LogP contribution in [0.3, 0.4) is 0 Å². The number of hydrogen-bond donors (Lipinski definition) is 1. The molecule has 1 heterocycles. The summed E-state index contributed by atoms with van der Waals surface area (Å²) in [4.78, 5) is 17.0. The van der Waals surface area contributed by atoms with Crippen molar-refractivity contribution in [1.82, 2.24) is 4.98 Å². The smallest absolute Gasteiger partial charge is 0.255 e. The van der Waals surface area contributed by atoms with E-state index in [1.807, 2.05) is 18.2 Å². The number of anilines is 1. The van der Waals surface area contributed by atoms with Crippen LogP contribution in [0.1, 0.15) is 35.7 Å². The van der Waals surface area contributed by atoms with Gasteiger partial charge in [0.05, 0.1) is 10.6 Å². The fraction of sp³-hybridized carbons (Fsp3) is 0.130. The van der Waals surface area contributed by atoms with Crippen LogP contribution in [-0.2, 0) is 0 Å². The predicted octanol–water partition coefficient (Wildman–Crippen LogP) is 6.66. The molecule has 0 aliphatic carbocycles. The van der Waals surface area contributed by atoms with E-state index in [-0.39, 0.29) is 5.56 Å². The summed E-state index contributed by atoms with van der Waals surface area (Å²) in [5.41, 5.74) is 3.87. The van der Waals surface area contributed by atoms with Crippen LogP contribution in [0, 0.1) is 5.82 Å². The van der Waals surface area contributed by atoms with Gasteiger partial charge in [0.1, 0.15) is 11.3 Å². The van der Waals surface area contributed by atoms with Crippen LogP contribution < -0.4 is 5.32 Å². The molecule has 0 fully saturated rings. The van der Waals surface area contributed by atoms with E-state index < -0.39 is 11.7 Å². The number of nitrogens with one attached hydrogen (secondary N) is 1. The Morgan fingerprint density at radius 2 is 1.93 bits per heavy atom. The number of nitrogens with zero attached hydrogens (tertiary/aromatic N) is 1. The molecule has 0 radical (unpaired) electrons. The van der Waals surface area contributed by atoms with Crippen molar-refractivity contribution in [3.63, 3.8) is 0 Å². The van der Waals surface area contributed by atoms with Crippen LogP contribution in [-0.4, -0.2) is 10.9 Å². The van der Waals surface area contributed by atoms with Gasteiger partial charge in [0.25, 0.3) is 5.91 Å². The van der Waals surface area contributed by atoms with Gasteiger partial charge in [-0.3, -0.25) is 4.79 Å². The normalized spacial score (nSPS) is 11.2. The average Bonchev–Trinajstić information content (AvgIpc) is 3.12. The molecule has 0 bridgehead atoms. The number of oxazole rings is 1. The number of rotatable bonds is 4. The van der Waals surface area contributed by atoms with Crippen LogP contribution >= 0.6 is 11.6 Å². The number of carbonyl (C=O) groups is 1. The van der Waals surface area contributed by atoms with E-state index >= 15 is 0 Å². The first-order valence-corrected chi connectivity index (χ1v) is 9.56. The third-order valence-corrected chi connectivity index (χ3v) is 4.95. The molecule has 1 amide bonds. The summed E-state index contributed by atoms with van der Waals surface area (Å²) in [7, 11) is 0. The Bertz CT molecular complexity index is 1220. The maximum atomic E-state index is 13.4. The van der Waals surface area contributed by atoms with Gasteiger partial charge in [-0.05, 0) is 60.0 Å². The van der Waals surface area contributed by atoms with Crippen molar-refractivity contribution < 1.29 is 13.6 Å². The average molecular weight is 409 g/mol. The zero-order valence-electron chi connectivity index (χ0n) is 15.9. The van der Waals surface area contributed by atoms with E-state index in [2.05, 4.69) is 24.1 Å². The third kappa shape index (κ3) is 4.00. The van der Waals surface area contributed by atoms with E-state index in [9.17, 15) is 9.18 Å². The summed E-state index contributed by atoms with van der Waals surface area (Å²) in [5.74, 6) is -0.143. The summed E-state index contributed by atoms with van der Waals surface area (Å²) < 4.78 is 19.2. The molecule has 0 atom stereocenters. The van der Waals surface area contributed by atoms with Gasteiger partial charge in [-0.1, -0.05) is 37.6 Å². The highest BCUT2D eigenvalue weighted by molar-refractivity contribution is 6.33. The summed E-state index contributed by atoms with van der Waals surface area (Å²) in [6.07, 6.45) is 0. The van der Waals surface area contributed by atoms with E-state index in [1.54, 1.807) is 24.3 Å². The monoisotopic (exact) mass is 408 g/mol. The molecule has 4 rings (SSSR count). The molecule has 6 heteroatoms. The van der Waals surface area contributed by atoms with Crippen LogP contribution in [0.15, 0.2) is 65.1 Å². The topological polar surface area (TPSA) is 55.1 Å². The second-order valence-corrected chi connectivity index (χ2v) is 7.47. The molecule has 0 unspecified atom stereocenters. The Labute approximate surface area is 172 Å². The predicted molar refractivity (Wildman–Crippen MR) is 113 cm³/mol. The molecule has 29 heavy (non-hydrogen) atoms. The number of fused-ring (bicyclic) bond motifs is 1. The maximum absolute atomic E-state index is 13.4. The first kappa shape index (κ1) is 19.2. The lowest BCUT2D eigenvalue weighted by molar-refractivity contribution is 0.102. The SMILES string of the molecule is CC(C)c1ccc2oc(-c3cc(NC(=O)c4cccc(F)c4)ccc3Cl)nc2c1. The second kappa shape index (κ2) is 7.68. The largest absolute Gasteiger partial charge is 0.436 e. The molecule has 0 aliphatic rings. The Morgan fingerprint density at radius 3 is 2.69 bits per heavy atom. The first-order chi connectivity index (χ1) is 13.9. The minimum absolute atomic E-state index is 0.226. The van der Waals surface area contributed by atoms with Gasteiger partial charge < -0.3 is 9.73 Å². The van der Waals surface area contributed by atoms with Crippen LogP contribution in [0.5, 0.6) is 0 Å². The molecule has 4 nitrogen and oxygen atoms in total. The van der Waals surface area contributed by atoms with Crippen molar-refractivity contribution in [2.75, 3.05) is 5.32 Å². The number of amides is 1. The molecule has 0 spiro atoms. The van der Waals surface area contributed by atoms with E-state index in [1.165, 1.54) is 23.8 Å². The van der Waals surface area contributed by atoms with Gasteiger partial charge in [0.15, 0.2) is 5.58 Å². The highest BCUT2D eigenvalue weighted by Gasteiger charge is 2.15. The van der Waals surface area contributed by atoms with Gasteiger partial charge in [0.2, 0.25) is 5.89 Å². The molecular weight excluding hydrogens is 391 g/mol. The first-order valence-electron chi connectivity index (χ1n) is 9.18. The maximum Gasteiger partial charge on any atom is 0.255 e. The molecular formula is C23H18ClFN2O2. The summed E-state index contributed by atoms with van der Waals surface area (Å²) in [6, 6.07) is 16.4. The van der Waals surface area contributed by atoms with Crippen molar-refractivity contribution in [3.8, 4) is 11.5 Å². The minimum atomic E-state index is -0.471. The lowest BCUT2D eigenvalue weighted by Crippen LogP contribution is -2.12. The van der Waals surface area contributed by atoms with Crippen molar-refractivity contribution in [2.24, 2.45) is 0 Å². The molecule has 4 aromatic rings. The van der Waals surface area contributed by atoms with Crippen molar-refractivity contribution in [2.45, 2.75) is 19.8 Å². The zero-order chi connectivity index (χ0) is 20.5. The molecule has 1 N–H and O–H groups in total. The van der Waals surface area contributed by atoms with E-state index in [0.29, 0.717) is 33.7 Å². The Kier molecular flexibility index (Phi) is 5.07. The Morgan fingerprint density at radius 1 is 1.10 bits per heavy atom. The fourth-order valence-electron chi connectivity index (χ4n) is 3.02. The number of aromatic nitrogens is 1. The Hall–Kier alpha value is -3.18. The third-order valence-electron chi connectivity index (χ3n) is 4.62. The summed E-state index contributed by atoms with van der Waals surface area (Å²) in [6.45, 7) is 4.23. The van der Waals surface area contributed by atoms with Gasteiger partial charge >= 0.3 is 0 Å². The zero-order valence-corrected chi connectivity index (χ0v) is 16.6. The Balaban J connectivity index is 1.66. The fourth-order valence-corrected chi connectivity index (χ4v) is 3.22. The molecule has 1 aromatic heterocycles. The van der Waals surface area contributed by atoms with Gasteiger partial charge in [0, 0.05) is 11.3 Å².